The van der Waals surface area contributed by atoms with Crippen molar-refractivity contribution in [2.45, 2.75) is 46.4 Å². The van der Waals surface area contributed by atoms with E-state index in [1.807, 2.05) is 60.9 Å². The van der Waals surface area contributed by atoms with Crippen LogP contribution in [0.25, 0.3) is 21.8 Å². The van der Waals surface area contributed by atoms with E-state index in [0.29, 0.717) is 19.3 Å². The Morgan fingerprint density at radius 2 is 1.25 bits per heavy atom. The van der Waals surface area contributed by atoms with Crippen molar-refractivity contribution in [3.05, 3.63) is 72.1 Å². The van der Waals surface area contributed by atoms with Gasteiger partial charge in [-0.3, -0.25) is 9.59 Å². The zero-order valence-electron chi connectivity index (χ0n) is 21.8. The van der Waals surface area contributed by atoms with Gasteiger partial charge < -0.3 is 35.7 Å². The Balaban J connectivity index is 1.13. The highest BCUT2D eigenvalue weighted by Crippen LogP contribution is 2.45. The van der Waals surface area contributed by atoms with Gasteiger partial charge in [0.25, 0.3) is 0 Å². The standard InChI is InChI=1S/C29H32N4O5S2/c30-21(11-17-13-32-23-7-3-1-5-19(17)23)28(35)37-15-25-26(40-27(39-25)9-10-34)16-38-29(36)22(31)12-18-14-33-24-8-4-2-6-20(18)24/h1-8,10,13-14,21-22,25-27,32-33H,9,11-12,15-16,30-31H2/t21-,22-,25-,26+,27?/m0/s1. The predicted molar refractivity (Wildman–Crippen MR) is 159 cm³/mol. The van der Waals surface area contributed by atoms with E-state index in [9.17, 15) is 14.4 Å². The Morgan fingerprint density at radius 1 is 0.800 bits per heavy atom. The van der Waals surface area contributed by atoms with E-state index in [1.165, 1.54) is 0 Å². The fourth-order valence-corrected chi connectivity index (χ4v) is 8.32. The fourth-order valence-electron chi connectivity index (χ4n) is 4.86. The number of rotatable bonds is 12. The quantitative estimate of drug-likeness (QED) is 0.146. The summed E-state index contributed by atoms with van der Waals surface area (Å²) in [6.07, 6.45) is 5.63. The second-order valence-electron chi connectivity index (χ2n) is 9.78. The summed E-state index contributed by atoms with van der Waals surface area (Å²) < 4.78 is 11.2. The van der Waals surface area contributed by atoms with Crippen LogP contribution < -0.4 is 11.5 Å². The molecule has 1 fully saturated rings. The van der Waals surface area contributed by atoms with Gasteiger partial charge in [-0.15, -0.1) is 23.5 Å². The minimum absolute atomic E-state index is 0.00954. The molecule has 2 aromatic carbocycles. The third-order valence-electron chi connectivity index (χ3n) is 6.97. The predicted octanol–water partition coefficient (Wildman–Crippen LogP) is 3.31. The van der Waals surface area contributed by atoms with E-state index in [1.54, 1.807) is 23.5 Å². The summed E-state index contributed by atoms with van der Waals surface area (Å²) in [5.41, 5.74) is 16.2. The normalized spacial score (nSPS) is 20.4. The third-order valence-corrected chi connectivity index (χ3v) is 10.4. The summed E-state index contributed by atoms with van der Waals surface area (Å²) in [6, 6.07) is 14.0. The van der Waals surface area contributed by atoms with Gasteiger partial charge in [-0.05, 0) is 23.3 Å². The topological polar surface area (TPSA) is 153 Å². The van der Waals surface area contributed by atoms with E-state index in [2.05, 4.69) is 9.97 Å². The molecule has 4 aromatic rings. The van der Waals surface area contributed by atoms with Crippen LogP contribution >= 0.6 is 23.5 Å². The maximum atomic E-state index is 12.7. The summed E-state index contributed by atoms with van der Waals surface area (Å²) in [5, 5.41) is 1.73. The van der Waals surface area contributed by atoms with E-state index in [0.717, 1.165) is 39.2 Å². The fraction of sp³-hybridized carbons (Fsp3) is 0.345. The van der Waals surface area contributed by atoms with Gasteiger partial charge in [0.1, 0.15) is 31.6 Å². The highest BCUT2D eigenvalue weighted by atomic mass is 32.2. The van der Waals surface area contributed by atoms with Gasteiger partial charge in [0, 0.05) is 53.5 Å². The van der Waals surface area contributed by atoms with Crippen LogP contribution in [-0.4, -0.2) is 68.6 Å². The number of aromatic amines is 2. The minimum atomic E-state index is -0.817. The number of carbonyl (C=O) groups excluding carboxylic acids is 3. The number of hydrogen-bond acceptors (Lipinski definition) is 9. The molecular weight excluding hydrogens is 548 g/mol. The number of esters is 2. The Hall–Kier alpha value is -3.25. The van der Waals surface area contributed by atoms with Crippen molar-refractivity contribution < 1.29 is 23.9 Å². The number of carbonyl (C=O) groups is 3. The SMILES string of the molecule is N[C@@H](Cc1c[nH]c2ccccc12)C(=O)OC[C@@H]1SC(CC=O)S[C@@H]1COC(=O)[C@@H](N)Cc1c[nH]c2ccccc12. The molecule has 0 amide bonds. The molecule has 0 radical (unpaired) electrons. The molecule has 210 valence electrons. The maximum Gasteiger partial charge on any atom is 0.323 e. The second kappa shape index (κ2) is 12.9. The van der Waals surface area contributed by atoms with E-state index >= 15 is 0 Å². The molecule has 0 aliphatic carbocycles. The van der Waals surface area contributed by atoms with Crippen LogP contribution in [0.15, 0.2) is 60.9 Å². The van der Waals surface area contributed by atoms with E-state index in [4.69, 9.17) is 20.9 Å². The number of aldehydes is 1. The zero-order valence-corrected chi connectivity index (χ0v) is 23.4. The summed E-state index contributed by atoms with van der Waals surface area (Å²) in [5.74, 6) is -0.988. The summed E-state index contributed by atoms with van der Waals surface area (Å²) >= 11 is 3.10. The first-order valence-corrected chi connectivity index (χ1v) is 15.0. The number of aromatic nitrogens is 2. The number of nitrogens with one attached hydrogen (secondary N) is 2. The van der Waals surface area contributed by atoms with Crippen molar-refractivity contribution in [1.82, 2.24) is 9.97 Å². The molecule has 1 saturated heterocycles. The van der Waals surface area contributed by atoms with Gasteiger partial charge in [0.15, 0.2) is 0 Å². The number of H-pyrrole nitrogens is 2. The number of hydrogen-bond donors (Lipinski definition) is 4. The number of thioether (sulfide) groups is 2. The molecule has 0 spiro atoms. The summed E-state index contributed by atoms with van der Waals surface area (Å²) in [6.45, 7) is 0.216. The van der Waals surface area contributed by atoms with Crippen LogP contribution in [0.4, 0.5) is 0 Å². The van der Waals surface area contributed by atoms with Crippen LogP contribution in [0.5, 0.6) is 0 Å². The lowest BCUT2D eigenvalue weighted by molar-refractivity contribution is -0.147. The molecule has 1 unspecified atom stereocenters. The number of fused-ring (bicyclic) bond motifs is 2. The van der Waals surface area contributed by atoms with Gasteiger partial charge in [-0.2, -0.15) is 0 Å². The van der Waals surface area contributed by atoms with Crippen LogP contribution in [0.3, 0.4) is 0 Å². The number of ether oxygens (including phenoxy) is 2. The lowest BCUT2D eigenvalue weighted by atomic mass is 10.1. The molecule has 9 nitrogen and oxygen atoms in total. The maximum absolute atomic E-state index is 12.7. The molecule has 0 bridgehead atoms. The Morgan fingerprint density at radius 3 is 1.70 bits per heavy atom. The van der Waals surface area contributed by atoms with Gasteiger partial charge in [-0.25, -0.2) is 0 Å². The molecule has 1 aliphatic heterocycles. The molecule has 3 heterocycles. The first-order chi connectivity index (χ1) is 19.4. The molecular formula is C29H32N4O5S2. The van der Waals surface area contributed by atoms with Crippen molar-refractivity contribution in [3.63, 3.8) is 0 Å². The Bertz CT molecular complexity index is 1380. The van der Waals surface area contributed by atoms with Crippen molar-refractivity contribution in [2.24, 2.45) is 11.5 Å². The van der Waals surface area contributed by atoms with Crippen molar-refractivity contribution in [3.8, 4) is 0 Å². The highest BCUT2D eigenvalue weighted by molar-refractivity contribution is 8.20. The van der Waals surface area contributed by atoms with Crippen molar-refractivity contribution >= 4 is 63.6 Å². The average Bonchev–Trinajstić information content (AvgIpc) is 3.68. The largest absolute Gasteiger partial charge is 0.463 e. The lowest BCUT2D eigenvalue weighted by Gasteiger charge is -2.20. The molecule has 40 heavy (non-hydrogen) atoms. The Labute approximate surface area is 240 Å². The van der Waals surface area contributed by atoms with Crippen LogP contribution in [-0.2, 0) is 36.7 Å². The first-order valence-electron chi connectivity index (χ1n) is 13.1. The number of para-hydroxylation sites is 2. The van der Waals surface area contributed by atoms with Crippen LogP contribution in [0.2, 0.25) is 0 Å². The van der Waals surface area contributed by atoms with E-state index in [-0.39, 0.29) is 28.3 Å². The summed E-state index contributed by atoms with van der Waals surface area (Å²) in [7, 11) is 0. The molecule has 6 N–H and O–H groups in total. The van der Waals surface area contributed by atoms with Crippen LogP contribution in [0.1, 0.15) is 17.5 Å². The molecule has 11 heteroatoms. The third kappa shape index (κ3) is 6.55. The van der Waals surface area contributed by atoms with E-state index < -0.39 is 24.0 Å². The molecule has 2 aromatic heterocycles. The molecule has 5 rings (SSSR count). The molecule has 0 saturated carbocycles. The minimum Gasteiger partial charge on any atom is -0.463 e. The highest BCUT2D eigenvalue weighted by Gasteiger charge is 2.38. The van der Waals surface area contributed by atoms with Gasteiger partial charge in [0.05, 0.1) is 15.1 Å². The monoisotopic (exact) mass is 580 g/mol. The lowest BCUT2D eigenvalue weighted by Crippen LogP contribution is -2.38. The van der Waals surface area contributed by atoms with Gasteiger partial charge >= 0.3 is 11.9 Å². The van der Waals surface area contributed by atoms with Crippen LogP contribution in [0, 0.1) is 0 Å². The number of benzene rings is 2. The zero-order chi connectivity index (χ0) is 28.1. The Kier molecular flexibility index (Phi) is 9.15. The van der Waals surface area contributed by atoms with Gasteiger partial charge in [-0.1, -0.05) is 36.4 Å². The molecule has 5 atom stereocenters. The molecule has 1 aliphatic rings. The first kappa shape index (κ1) is 28.3. The average molecular weight is 581 g/mol. The smallest absolute Gasteiger partial charge is 0.323 e. The van der Waals surface area contributed by atoms with Gasteiger partial charge in [0.2, 0.25) is 0 Å². The van der Waals surface area contributed by atoms with Crippen molar-refractivity contribution in [2.75, 3.05) is 13.2 Å². The van der Waals surface area contributed by atoms with Crippen molar-refractivity contribution in [1.29, 1.82) is 0 Å². The summed E-state index contributed by atoms with van der Waals surface area (Å²) in [4.78, 5) is 43.0. The second-order valence-corrected chi connectivity index (χ2v) is 13.0. The number of nitrogens with two attached hydrogens (primary N) is 2.